The molecule has 0 saturated carbocycles. The van der Waals surface area contributed by atoms with Crippen molar-refractivity contribution in [2.24, 2.45) is 10.2 Å². The van der Waals surface area contributed by atoms with Crippen LogP contribution in [0.1, 0.15) is 5.56 Å². The lowest BCUT2D eigenvalue weighted by molar-refractivity contribution is -0.135. The van der Waals surface area contributed by atoms with Gasteiger partial charge in [-0.1, -0.05) is 36.4 Å². The predicted octanol–water partition coefficient (Wildman–Crippen LogP) is 3.69. The van der Waals surface area contributed by atoms with Crippen LogP contribution in [0.5, 0.6) is 0 Å². The molecule has 1 N–H and O–H groups in total. The van der Waals surface area contributed by atoms with E-state index < -0.39 is 11.9 Å². The van der Waals surface area contributed by atoms with Crippen molar-refractivity contribution >= 4 is 46.8 Å². The Morgan fingerprint density at radius 3 is 2.36 bits per heavy atom. The summed E-state index contributed by atoms with van der Waals surface area (Å²) >= 11 is 2.75. The third-order valence-corrected chi connectivity index (χ3v) is 5.43. The molecule has 1 saturated heterocycles. The number of thioether (sulfide) groups is 2. The zero-order valence-corrected chi connectivity index (χ0v) is 16.8. The lowest BCUT2D eigenvalue weighted by Crippen LogP contribution is -2.19. The number of esters is 1. The van der Waals surface area contributed by atoms with E-state index in [4.69, 9.17) is 0 Å². The summed E-state index contributed by atoms with van der Waals surface area (Å²) in [5.74, 6) is -0.994. The minimum absolute atomic E-state index is 0.220. The van der Waals surface area contributed by atoms with Gasteiger partial charge in [-0.15, -0.1) is 16.9 Å². The molecule has 8 heteroatoms. The summed E-state index contributed by atoms with van der Waals surface area (Å²) in [4.78, 5) is 24.4. The highest BCUT2D eigenvalue weighted by Gasteiger charge is 2.24. The molecular formula is C20H17N3O3S2. The molecule has 1 fully saturated rings. The molecule has 1 amide bonds. The van der Waals surface area contributed by atoms with Crippen molar-refractivity contribution in [2.45, 2.75) is 4.90 Å². The monoisotopic (exact) mass is 411 g/mol. The summed E-state index contributed by atoms with van der Waals surface area (Å²) in [7, 11) is 1.25. The highest BCUT2D eigenvalue weighted by Crippen LogP contribution is 2.24. The maximum absolute atomic E-state index is 11.7. The summed E-state index contributed by atoms with van der Waals surface area (Å²) in [6.07, 6.45) is 4.78. The number of carbonyl (C=O) groups excluding carboxylic acids is 2. The minimum Gasteiger partial charge on any atom is -0.466 e. The molecule has 2 aromatic rings. The third kappa shape index (κ3) is 5.11. The summed E-state index contributed by atoms with van der Waals surface area (Å²) in [5.41, 5.74) is 3.15. The molecule has 1 heterocycles. The second kappa shape index (κ2) is 9.38. The Hall–Kier alpha value is -2.84. The molecule has 142 valence electrons. The number of amidine groups is 1. The van der Waals surface area contributed by atoms with E-state index in [9.17, 15) is 9.59 Å². The fourth-order valence-corrected chi connectivity index (χ4v) is 3.48. The highest BCUT2D eigenvalue weighted by molar-refractivity contribution is 8.18. The van der Waals surface area contributed by atoms with Crippen molar-refractivity contribution in [2.75, 3.05) is 13.4 Å². The molecule has 0 unspecified atom stereocenters. The maximum atomic E-state index is 11.7. The number of carbonyl (C=O) groups is 2. The van der Waals surface area contributed by atoms with Crippen LogP contribution < -0.4 is 5.32 Å². The van der Waals surface area contributed by atoms with Gasteiger partial charge in [-0.25, -0.2) is 4.79 Å². The van der Waals surface area contributed by atoms with Crippen molar-refractivity contribution in [3.05, 3.63) is 65.1 Å². The van der Waals surface area contributed by atoms with Crippen molar-refractivity contribution in [1.82, 2.24) is 5.32 Å². The number of amides is 1. The van der Waals surface area contributed by atoms with Gasteiger partial charge >= 0.3 is 5.97 Å². The molecule has 3 rings (SSSR count). The van der Waals surface area contributed by atoms with E-state index in [1.54, 1.807) is 18.0 Å². The second-order valence-corrected chi connectivity index (χ2v) is 7.50. The predicted molar refractivity (Wildman–Crippen MR) is 115 cm³/mol. The third-order valence-electron chi connectivity index (χ3n) is 3.79. The van der Waals surface area contributed by atoms with Crippen LogP contribution in [-0.2, 0) is 14.3 Å². The largest absolute Gasteiger partial charge is 0.466 e. The minimum atomic E-state index is -0.592. The Morgan fingerprint density at radius 2 is 1.75 bits per heavy atom. The number of nitrogens with one attached hydrogen (secondary N) is 1. The van der Waals surface area contributed by atoms with Gasteiger partial charge in [0, 0.05) is 11.0 Å². The Kier molecular flexibility index (Phi) is 6.67. The fourth-order valence-electron chi connectivity index (χ4n) is 2.33. The standard InChI is InChI=1S/C20H17N3O3S2/c1-26-18(24)11-17-19(25)22-20(28-17)23-21-12-13-3-5-14(6-4-13)15-7-9-16(27-2)10-8-15/h3-12H,1-2H3,(H,22,23,25)/b17-11+,21-12?. The molecule has 2 aromatic carbocycles. The van der Waals surface area contributed by atoms with E-state index in [-0.39, 0.29) is 4.91 Å². The summed E-state index contributed by atoms with van der Waals surface area (Å²) < 4.78 is 4.51. The molecule has 0 atom stereocenters. The van der Waals surface area contributed by atoms with Crippen LogP contribution in [0.15, 0.2) is 74.6 Å². The molecule has 0 aliphatic carbocycles. The first kappa shape index (κ1) is 19.9. The van der Waals surface area contributed by atoms with Gasteiger partial charge in [0.2, 0.25) is 0 Å². The van der Waals surface area contributed by atoms with Crippen LogP contribution in [0, 0.1) is 0 Å². The number of ether oxygens (including phenoxy) is 1. The molecule has 1 aliphatic rings. The normalized spacial score (nSPS) is 16.7. The molecule has 0 bridgehead atoms. The van der Waals surface area contributed by atoms with Gasteiger partial charge in [0.15, 0.2) is 5.17 Å². The van der Waals surface area contributed by atoms with Gasteiger partial charge in [-0.3, -0.25) is 10.1 Å². The smallest absolute Gasteiger partial charge is 0.331 e. The van der Waals surface area contributed by atoms with Crippen LogP contribution in [0.3, 0.4) is 0 Å². The van der Waals surface area contributed by atoms with Gasteiger partial charge in [0.05, 0.1) is 18.2 Å². The fraction of sp³-hybridized carbons (Fsp3) is 0.100. The van der Waals surface area contributed by atoms with Gasteiger partial charge in [-0.05, 0) is 46.8 Å². The van der Waals surface area contributed by atoms with Crippen LogP contribution in [0.25, 0.3) is 11.1 Å². The second-order valence-electron chi connectivity index (χ2n) is 5.59. The van der Waals surface area contributed by atoms with Crippen molar-refractivity contribution in [3.8, 4) is 11.1 Å². The molecule has 0 spiro atoms. The van der Waals surface area contributed by atoms with E-state index in [1.807, 2.05) is 24.3 Å². The van der Waals surface area contributed by atoms with Crippen LogP contribution in [0.2, 0.25) is 0 Å². The topological polar surface area (TPSA) is 80.1 Å². The number of nitrogens with zero attached hydrogens (tertiary/aromatic N) is 2. The Labute approximate surface area is 171 Å². The van der Waals surface area contributed by atoms with Gasteiger partial charge in [0.25, 0.3) is 5.91 Å². The van der Waals surface area contributed by atoms with Crippen molar-refractivity contribution in [3.63, 3.8) is 0 Å². The van der Waals surface area contributed by atoms with Crippen LogP contribution >= 0.6 is 23.5 Å². The summed E-state index contributed by atoms with van der Waals surface area (Å²) in [5, 5.41) is 10.8. The SMILES string of the molecule is COC(=O)/C=C1/S/C(=N\N=Cc2ccc(-c3ccc(SC)cc3)cc2)NC1=O. The Morgan fingerprint density at radius 1 is 1.11 bits per heavy atom. The average Bonchev–Trinajstić information content (AvgIpc) is 3.07. The lowest BCUT2D eigenvalue weighted by Gasteiger charge is -2.03. The number of hydrogen-bond acceptors (Lipinski definition) is 7. The van der Waals surface area contributed by atoms with Crippen molar-refractivity contribution < 1.29 is 14.3 Å². The van der Waals surface area contributed by atoms with E-state index >= 15 is 0 Å². The summed E-state index contributed by atoms with van der Waals surface area (Å²) in [6.45, 7) is 0. The molecule has 0 radical (unpaired) electrons. The summed E-state index contributed by atoms with van der Waals surface area (Å²) in [6, 6.07) is 16.3. The van der Waals surface area contributed by atoms with E-state index in [0.29, 0.717) is 5.17 Å². The molecular weight excluding hydrogens is 394 g/mol. The Bertz CT molecular complexity index is 965. The number of benzene rings is 2. The molecule has 6 nitrogen and oxygen atoms in total. The number of methoxy groups -OCH3 is 1. The first-order valence-corrected chi connectivity index (χ1v) is 10.3. The van der Waals surface area contributed by atoms with Crippen LogP contribution in [-0.4, -0.2) is 36.6 Å². The van der Waals surface area contributed by atoms with E-state index in [1.165, 1.54) is 12.0 Å². The first-order chi connectivity index (χ1) is 13.6. The molecule has 0 aromatic heterocycles. The van der Waals surface area contributed by atoms with E-state index in [0.717, 1.165) is 34.5 Å². The lowest BCUT2D eigenvalue weighted by atomic mass is 10.0. The molecule has 1 aliphatic heterocycles. The number of rotatable bonds is 5. The zero-order valence-electron chi connectivity index (χ0n) is 15.2. The maximum Gasteiger partial charge on any atom is 0.331 e. The molecule has 28 heavy (non-hydrogen) atoms. The first-order valence-electron chi connectivity index (χ1n) is 8.23. The average molecular weight is 412 g/mol. The number of hydrogen-bond donors (Lipinski definition) is 1. The quantitative estimate of drug-likeness (QED) is 0.267. The van der Waals surface area contributed by atoms with Gasteiger partial charge in [0.1, 0.15) is 0 Å². The van der Waals surface area contributed by atoms with Crippen LogP contribution in [0.4, 0.5) is 0 Å². The zero-order chi connectivity index (χ0) is 19.9. The Balaban J connectivity index is 1.65. The van der Waals surface area contributed by atoms with E-state index in [2.05, 4.69) is 50.8 Å². The van der Waals surface area contributed by atoms with Gasteiger partial charge in [-0.2, -0.15) is 5.10 Å². The van der Waals surface area contributed by atoms with Crippen molar-refractivity contribution in [1.29, 1.82) is 0 Å². The highest BCUT2D eigenvalue weighted by atomic mass is 32.2. The van der Waals surface area contributed by atoms with Gasteiger partial charge < -0.3 is 4.74 Å².